The maximum absolute atomic E-state index is 13.9. The smallest absolute Gasteiger partial charge is 0.415 e. The molecule has 2 aromatic rings. The average Bonchev–Trinajstić information content (AvgIpc) is 3.34. The zero-order valence-electron chi connectivity index (χ0n) is 16.9. The van der Waals surface area contributed by atoms with Crippen LogP contribution in [0.25, 0.3) is 0 Å². The number of pyridine rings is 1. The van der Waals surface area contributed by atoms with Crippen molar-refractivity contribution in [1.82, 2.24) is 10.3 Å². The van der Waals surface area contributed by atoms with E-state index >= 15 is 0 Å². The summed E-state index contributed by atoms with van der Waals surface area (Å²) in [6.45, 7) is 1.13. The minimum Gasteiger partial charge on any atom is -0.480 e. The Hall–Kier alpha value is -3.20. The summed E-state index contributed by atoms with van der Waals surface area (Å²) in [4.78, 5) is 29.6. The molecule has 2 unspecified atom stereocenters. The third-order valence-electron chi connectivity index (χ3n) is 5.88. The Labute approximate surface area is 178 Å². The lowest BCUT2D eigenvalue weighted by Gasteiger charge is -2.19. The van der Waals surface area contributed by atoms with Crippen LogP contribution in [0.1, 0.15) is 24.0 Å². The molecule has 1 fully saturated rings. The number of carbonyl (C=O) groups excluding carboxylic acids is 2. The first-order valence-corrected chi connectivity index (χ1v) is 10.5. The summed E-state index contributed by atoms with van der Waals surface area (Å²) in [5.74, 6) is 0.804. The maximum atomic E-state index is 13.9. The van der Waals surface area contributed by atoms with E-state index in [2.05, 4.69) is 15.6 Å². The first kappa shape index (κ1) is 19.7. The summed E-state index contributed by atoms with van der Waals surface area (Å²) in [5, 5.41) is 6.13. The lowest BCUT2D eigenvalue weighted by Crippen LogP contribution is -2.31. The van der Waals surface area contributed by atoms with Crippen molar-refractivity contribution in [2.45, 2.75) is 37.8 Å². The Morgan fingerprint density at radius 2 is 2.13 bits per heavy atom. The molecule has 1 saturated heterocycles. The van der Waals surface area contributed by atoms with Gasteiger partial charge in [0.15, 0.2) is 18.2 Å². The minimum absolute atomic E-state index is 0.0439. The molecule has 0 radical (unpaired) electrons. The van der Waals surface area contributed by atoms with Crippen molar-refractivity contribution in [3.8, 4) is 5.75 Å². The Balaban J connectivity index is 1.10. The van der Waals surface area contributed by atoms with E-state index in [-0.39, 0.29) is 30.5 Å². The van der Waals surface area contributed by atoms with Crippen molar-refractivity contribution in [2.24, 2.45) is 0 Å². The third kappa shape index (κ3) is 4.05. The van der Waals surface area contributed by atoms with E-state index < -0.39 is 6.09 Å². The van der Waals surface area contributed by atoms with Gasteiger partial charge in [0.2, 0.25) is 0 Å². The lowest BCUT2D eigenvalue weighted by molar-refractivity contribution is -0.118. The number of hydrogen-bond donors (Lipinski definition) is 2. The van der Waals surface area contributed by atoms with Crippen LogP contribution in [-0.4, -0.2) is 48.8 Å². The molecule has 2 amide bonds. The average molecular weight is 426 g/mol. The van der Waals surface area contributed by atoms with Crippen molar-refractivity contribution >= 4 is 23.6 Å². The highest BCUT2D eigenvalue weighted by molar-refractivity contribution is 5.95. The van der Waals surface area contributed by atoms with Crippen LogP contribution in [-0.2, 0) is 22.4 Å². The molecular formula is C22H23FN4O4. The molecule has 5 rings (SSSR count). The molecule has 2 N–H and O–H groups in total. The number of amides is 2. The standard InChI is InChI=1S/C22H23FN4O4/c23-17-5-1-3-13-9-14(10-16(13)17)24-8-2-4-15-11-27(22(29)31-15)19-7-6-18-21(25-19)26-20(28)12-30-18/h1,3,5-7,14-15,24H,2,4,8-12H2,(H,25,26,28). The highest BCUT2D eigenvalue weighted by Crippen LogP contribution is 2.30. The zero-order chi connectivity index (χ0) is 21.4. The molecule has 1 aromatic carbocycles. The molecule has 1 aromatic heterocycles. The SMILES string of the molecule is O=C1COc2ccc(N3CC(CCCNC4Cc5cccc(F)c5C4)OC3=O)nc2N1. The van der Waals surface area contributed by atoms with Gasteiger partial charge >= 0.3 is 6.09 Å². The number of hydrogen-bond acceptors (Lipinski definition) is 6. The summed E-state index contributed by atoms with van der Waals surface area (Å²) < 4.78 is 24.7. The molecule has 31 heavy (non-hydrogen) atoms. The molecule has 9 heteroatoms. The zero-order valence-corrected chi connectivity index (χ0v) is 16.9. The van der Waals surface area contributed by atoms with Gasteiger partial charge in [0.25, 0.3) is 5.91 Å². The van der Waals surface area contributed by atoms with Crippen molar-refractivity contribution < 1.29 is 23.5 Å². The van der Waals surface area contributed by atoms with Crippen molar-refractivity contribution in [2.75, 3.05) is 29.9 Å². The predicted molar refractivity (Wildman–Crippen MR) is 111 cm³/mol. The number of anilines is 2. The van der Waals surface area contributed by atoms with Gasteiger partial charge in [-0.2, -0.15) is 0 Å². The van der Waals surface area contributed by atoms with Gasteiger partial charge in [-0.25, -0.2) is 14.2 Å². The van der Waals surface area contributed by atoms with Gasteiger partial charge in [0.05, 0.1) is 6.54 Å². The molecule has 1 aliphatic carbocycles. The van der Waals surface area contributed by atoms with Crippen LogP contribution in [0.3, 0.4) is 0 Å². The first-order chi connectivity index (χ1) is 15.1. The van der Waals surface area contributed by atoms with E-state index in [1.54, 1.807) is 18.2 Å². The van der Waals surface area contributed by atoms with Crippen LogP contribution < -0.4 is 20.3 Å². The van der Waals surface area contributed by atoms with Crippen molar-refractivity contribution in [3.05, 3.63) is 47.3 Å². The van der Waals surface area contributed by atoms with Gasteiger partial charge in [0.1, 0.15) is 17.7 Å². The second-order valence-corrected chi connectivity index (χ2v) is 8.05. The second-order valence-electron chi connectivity index (χ2n) is 8.05. The van der Waals surface area contributed by atoms with Crippen LogP contribution in [0.15, 0.2) is 30.3 Å². The van der Waals surface area contributed by atoms with Crippen molar-refractivity contribution in [1.29, 1.82) is 0 Å². The molecule has 2 aliphatic heterocycles. The predicted octanol–water partition coefficient (Wildman–Crippen LogP) is 2.41. The fourth-order valence-corrected chi connectivity index (χ4v) is 4.35. The topological polar surface area (TPSA) is 92.8 Å². The number of ether oxygens (including phenoxy) is 2. The van der Waals surface area contributed by atoms with Gasteiger partial charge in [-0.15, -0.1) is 0 Å². The fourth-order valence-electron chi connectivity index (χ4n) is 4.35. The molecule has 8 nitrogen and oxygen atoms in total. The fraction of sp³-hybridized carbons (Fsp3) is 0.409. The molecule has 3 heterocycles. The Bertz CT molecular complexity index is 1030. The molecule has 0 bridgehead atoms. The quantitative estimate of drug-likeness (QED) is 0.690. The maximum Gasteiger partial charge on any atom is 0.415 e. The molecule has 3 aliphatic rings. The van der Waals surface area contributed by atoms with Gasteiger partial charge in [0, 0.05) is 6.04 Å². The Kier molecular flexibility index (Phi) is 5.19. The molecule has 2 atom stereocenters. The van der Waals surface area contributed by atoms with Crippen LogP contribution in [0.4, 0.5) is 20.8 Å². The molecular weight excluding hydrogens is 403 g/mol. The number of halogens is 1. The van der Waals surface area contributed by atoms with Gasteiger partial charge in [-0.05, 0) is 61.6 Å². The van der Waals surface area contributed by atoms with Gasteiger partial charge in [-0.3, -0.25) is 9.69 Å². The molecule has 0 saturated carbocycles. The highest BCUT2D eigenvalue weighted by atomic mass is 19.1. The Morgan fingerprint density at radius 1 is 1.23 bits per heavy atom. The largest absolute Gasteiger partial charge is 0.480 e. The number of aromatic nitrogens is 1. The second kappa shape index (κ2) is 8.14. The van der Waals surface area contributed by atoms with E-state index in [0.29, 0.717) is 36.8 Å². The number of cyclic esters (lactones) is 1. The van der Waals surface area contributed by atoms with E-state index in [0.717, 1.165) is 30.5 Å². The van der Waals surface area contributed by atoms with E-state index in [1.165, 1.54) is 11.0 Å². The van der Waals surface area contributed by atoms with Crippen LogP contribution >= 0.6 is 0 Å². The number of carbonyl (C=O) groups is 2. The number of rotatable bonds is 6. The number of benzene rings is 1. The normalized spacial score (nSPS) is 21.9. The van der Waals surface area contributed by atoms with Crippen LogP contribution in [0.5, 0.6) is 5.75 Å². The number of fused-ring (bicyclic) bond motifs is 2. The van der Waals surface area contributed by atoms with E-state index in [4.69, 9.17) is 9.47 Å². The van der Waals surface area contributed by atoms with Crippen molar-refractivity contribution in [3.63, 3.8) is 0 Å². The number of nitrogens with zero attached hydrogens (tertiary/aromatic N) is 2. The monoisotopic (exact) mass is 426 g/mol. The van der Waals surface area contributed by atoms with E-state index in [9.17, 15) is 14.0 Å². The van der Waals surface area contributed by atoms with E-state index in [1.807, 2.05) is 6.07 Å². The third-order valence-corrected chi connectivity index (χ3v) is 5.88. The summed E-state index contributed by atoms with van der Waals surface area (Å²) in [7, 11) is 0. The summed E-state index contributed by atoms with van der Waals surface area (Å²) in [6, 6.07) is 8.86. The van der Waals surface area contributed by atoms with Gasteiger partial charge in [-0.1, -0.05) is 12.1 Å². The first-order valence-electron chi connectivity index (χ1n) is 10.5. The molecule has 162 valence electrons. The summed E-state index contributed by atoms with van der Waals surface area (Å²) >= 11 is 0. The minimum atomic E-state index is -0.449. The summed E-state index contributed by atoms with van der Waals surface area (Å²) in [6.07, 6.45) is 2.42. The van der Waals surface area contributed by atoms with Crippen LogP contribution in [0.2, 0.25) is 0 Å². The highest BCUT2D eigenvalue weighted by Gasteiger charge is 2.33. The van der Waals surface area contributed by atoms with Gasteiger partial charge < -0.3 is 20.1 Å². The Morgan fingerprint density at radius 3 is 3.00 bits per heavy atom. The molecule has 0 spiro atoms. The number of nitrogens with one attached hydrogen (secondary N) is 2. The lowest BCUT2D eigenvalue weighted by atomic mass is 10.1. The van der Waals surface area contributed by atoms with Crippen LogP contribution in [0, 0.1) is 5.82 Å². The summed E-state index contributed by atoms with van der Waals surface area (Å²) in [5.41, 5.74) is 1.90.